The molecule has 2 N–H and O–H groups in total. The first-order valence-corrected chi connectivity index (χ1v) is 8.29. The first-order valence-electron chi connectivity index (χ1n) is 7.91. The lowest BCUT2D eigenvalue weighted by Crippen LogP contribution is -2.32. The maximum absolute atomic E-state index is 12.2. The lowest BCUT2D eigenvalue weighted by atomic mass is 10.2. The van der Waals surface area contributed by atoms with E-state index in [1.54, 1.807) is 6.07 Å². The molecule has 0 aliphatic carbocycles. The SMILES string of the molecule is O=C(NCC1CCCO1)c1cc(NCc2ccccc2Cl)ncn1. The zero-order valence-electron chi connectivity index (χ0n) is 13.2. The Kier molecular flexibility index (Phi) is 5.61. The van der Waals surface area contributed by atoms with E-state index < -0.39 is 0 Å². The maximum atomic E-state index is 12.2. The number of anilines is 1. The molecule has 24 heavy (non-hydrogen) atoms. The van der Waals surface area contributed by atoms with Crippen LogP contribution in [-0.2, 0) is 11.3 Å². The minimum Gasteiger partial charge on any atom is -0.376 e. The van der Waals surface area contributed by atoms with Crippen LogP contribution in [0.25, 0.3) is 0 Å². The summed E-state index contributed by atoms with van der Waals surface area (Å²) in [5.74, 6) is 0.348. The Balaban J connectivity index is 1.57. The molecule has 2 aromatic rings. The van der Waals surface area contributed by atoms with Crippen LogP contribution in [0.5, 0.6) is 0 Å². The van der Waals surface area contributed by atoms with Gasteiger partial charge in [-0.3, -0.25) is 4.79 Å². The van der Waals surface area contributed by atoms with Crippen molar-refractivity contribution < 1.29 is 9.53 Å². The number of rotatable bonds is 6. The number of carbonyl (C=O) groups is 1. The Morgan fingerprint density at radius 1 is 1.33 bits per heavy atom. The van der Waals surface area contributed by atoms with Gasteiger partial charge >= 0.3 is 0 Å². The van der Waals surface area contributed by atoms with Gasteiger partial charge in [-0.15, -0.1) is 0 Å². The molecule has 1 amide bonds. The number of amides is 1. The van der Waals surface area contributed by atoms with Crippen LogP contribution >= 0.6 is 11.6 Å². The highest BCUT2D eigenvalue weighted by atomic mass is 35.5. The molecule has 126 valence electrons. The Bertz CT molecular complexity index is 704. The summed E-state index contributed by atoms with van der Waals surface area (Å²) in [6, 6.07) is 9.20. The molecule has 2 heterocycles. The van der Waals surface area contributed by atoms with E-state index >= 15 is 0 Å². The van der Waals surface area contributed by atoms with Crippen LogP contribution < -0.4 is 10.6 Å². The topological polar surface area (TPSA) is 76.1 Å². The van der Waals surface area contributed by atoms with Gasteiger partial charge in [0.2, 0.25) is 0 Å². The third-order valence-electron chi connectivity index (χ3n) is 3.83. The van der Waals surface area contributed by atoms with E-state index in [1.165, 1.54) is 6.33 Å². The van der Waals surface area contributed by atoms with Gasteiger partial charge in [-0.05, 0) is 24.5 Å². The average molecular weight is 347 g/mol. The van der Waals surface area contributed by atoms with Crippen molar-refractivity contribution in [1.82, 2.24) is 15.3 Å². The highest BCUT2D eigenvalue weighted by Gasteiger charge is 2.17. The normalized spacial score (nSPS) is 16.8. The van der Waals surface area contributed by atoms with Crippen LogP contribution in [0.1, 0.15) is 28.9 Å². The summed E-state index contributed by atoms with van der Waals surface area (Å²) in [6.45, 7) is 1.79. The minimum atomic E-state index is -0.228. The van der Waals surface area contributed by atoms with E-state index in [2.05, 4.69) is 20.6 Å². The molecule has 1 aromatic carbocycles. The van der Waals surface area contributed by atoms with E-state index in [4.69, 9.17) is 16.3 Å². The summed E-state index contributed by atoms with van der Waals surface area (Å²) < 4.78 is 5.49. The summed E-state index contributed by atoms with van der Waals surface area (Å²) in [5, 5.41) is 6.69. The molecule has 1 aliphatic rings. The smallest absolute Gasteiger partial charge is 0.270 e. The zero-order valence-corrected chi connectivity index (χ0v) is 13.9. The van der Waals surface area contributed by atoms with Gasteiger partial charge in [0.05, 0.1) is 6.10 Å². The molecule has 1 aliphatic heterocycles. The second-order valence-electron chi connectivity index (χ2n) is 5.58. The molecule has 6 nitrogen and oxygen atoms in total. The molecule has 1 saturated heterocycles. The third-order valence-corrected chi connectivity index (χ3v) is 4.20. The predicted octanol–water partition coefficient (Wildman–Crippen LogP) is 2.65. The molecule has 3 rings (SSSR count). The van der Waals surface area contributed by atoms with Crippen LogP contribution in [0, 0.1) is 0 Å². The van der Waals surface area contributed by atoms with Gasteiger partial charge in [0.1, 0.15) is 17.8 Å². The van der Waals surface area contributed by atoms with Gasteiger partial charge < -0.3 is 15.4 Å². The number of ether oxygens (including phenoxy) is 1. The third kappa shape index (κ3) is 4.43. The quantitative estimate of drug-likeness (QED) is 0.841. The summed E-state index contributed by atoms with van der Waals surface area (Å²) in [5.41, 5.74) is 1.28. The first kappa shape index (κ1) is 16.7. The van der Waals surface area contributed by atoms with Crippen molar-refractivity contribution in [2.45, 2.75) is 25.5 Å². The molecule has 1 atom stereocenters. The lowest BCUT2D eigenvalue weighted by molar-refractivity contribution is 0.0853. The van der Waals surface area contributed by atoms with Crippen LogP contribution in [0.15, 0.2) is 36.7 Å². The fraction of sp³-hybridized carbons (Fsp3) is 0.353. The maximum Gasteiger partial charge on any atom is 0.270 e. The van der Waals surface area contributed by atoms with E-state index in [9.17, 15) is 4.79 Å². The Hall–Kier alpha value is -2.18. The standard InChI is InChI=1S/C17H19ClN4O2/c18-14-6-2-1-4-12(14)9-19-16-8-15(21-11-22-16)17(23)20-10-13-5-3-7-24-13/h1-2,4,6,8,11,13H,3,5,7,9-10H2,(H,20,23)(H,19,21,22). The van der Waals surface area contributed by atoms with Crippen molar-refractivity contribution in [1.29, 1.82) is 0 Å². The first-order chi connectivity index (χ1) is 11.7. The molecule has 1 aromatic heterocycles. The van der Waals surface area contributed by atoms with Crippen molar-refractivity contribution in [3.63, 3.8) is 0 Å². The summed E-state index contributed by atoms with van der Waals surface area (Å²) in [4.78, 5) is 20.3. The summed E-state index contributed by atoms with van der Waals surface area (Å²) >= 11 is 6.13. The van der Waals surface area contributed by atoms with Crippen LogP contribution in [0.3, 0.4) is 0 Å². The molecular weight excluding hydrogens is 328 g/mol. The zero-order chi connectivity index (χ0) is 16.8. The van der Waals surface area contributed by atoms with Crippen molar-refractivity contribution in [3.05, 3.63) is 52.9 Å². The molecular formula is C17H19ClN4O2. The molecule has 0 spiro atoms. The second-order valence-corrected chi connectivity index (χ2v) is 5.99. The van der Waals surface area contributed by atoms with Crippen molar-refractivity contribution >= 4 is 23.3 Å². The molecule has 0 bridgehead atoms. The van der Waals surface area contributed by atoms with Gasteiger partial charge in [-0.25, -0.2) is 9.97 Å². The number of benzene rings is 1. The van der Waals surface area contributed by atoms with Crippen LogP contribution in [0.4, 0.5) is 5.82 Å². The summed E-state index contributed by atoms with van der Waals surface area (Å²) in [6.07, 6.45) is 3.50. The van der Waals surface area contributed by atoms with Gasteiger partial charge in [0, 0.05) is 30.8 Å². The number of aromatic nitrogens is 2. The average Bonchev–Trinajstić information content (AvgIpc) is 3.13. The predicted molar refractivity (Wildman–Crippen MR) is 92.1 cm³/mol. The molecule has 0 radical (unpaired) electrons. The highest BCUT2D eigenvalue weighted by Crippen LogP contribution is 2.16. The van der Waals surface area contributed by atoms with Crippen molar-refractivity contribution in [2.24, 2.45) is 0 Å². The molecule has 1 fully saturated rings. The van der Waals surface area contributed by atoms with Gasteiger partial charge in [-0.1, -0.05) is 29.8 Å². The number of nitrogens with zero attached hydrogens (tertiary/aromatic N) is 2. The van der Waals surface area contributed by atoms with E-state index in [0.29, 0.717) is 29.6 Å². The Morgan fingerprint density at radius 3 is 3.00 bits per heavy atom. The van der Waals surface area contributed by atoms with Crippen molar-refractivity contribution in [2.75, 3.05) is 18.5 Å². The monoisotopic (exact) mass is 346 g/mol. The molecule has 1 unspecified atom stereocenters. The number of hydrogen-bond donors (Lipinski definition) is 2. The van der Waals surface area contributed by atoms with E-state index in [-0.39, 0.29) is 12.0 Å². The van der Waals surface area contributed by atoms with Gasteiger partial charge in [0.25, 0.3) is 5.91 Å². The van der Waals surface area contributed by atoms with E-state index in [0.717, 1.165) is 25.0 Å². The Labute approximate surface area is 145 Å². The van der Waals surface area contributed by atoms with E-state index in [1.807, 2.05) is 24.3 Å². The van der Waals surface area contributed by atoms with Crippen LogP contribution in [0.2, 0.25) is 5.02 Å². The lowest BCUT2D eigenvalue weighted by Gasteiger charge is -2.11. The number of carbonyl (C=O) groups excluding carboxylic acids is 1. The molecule has 0 saturated carbocycles. The van der Waals surface area contributed by atoms with Crippen LogP contribution in [-0.4, -0.2) is 35.1 Å². The fourth-order valence-electron chi connectivity index (χ4n) is 2.51. The van der Waals surface area contributed by atoms with Gasteiger partial charge in [0.15, 0.2) is 0 Å². The summed E-state index contributed by atoms with van der Waals surface area (Å²) in [7, 11) is 0. The number of nitrogens with one attached hydrogen (secondary N) is 2. The van der Waals surface area contributed by atoms with Gasteiger partial charge in [-0.2, -0.15) is 0 Å². The fourth-order valence-corrected chi connectivity index (χ4v) is 2.71. The van der Waals surface area contributed by atoms with Crippen molar-refractivity contribution in [3.8, 4) is 0 Å². The number of halogens is 1. The largest absolute Gasteiger partial charge is 0.376 e. The Morgan fingerprint density at radius 2 is 2.21 bits per heavy atom. The highest BCUT2D eigenvalue weighted by molar-refractivity contribution is 6.31. The second kappa shape index (κ2) is 8.08. The molecule has 7 heteroatoms. The number of hydrogen-bond acceptors (Lipinski definition) is 5. The minimum absolute atomic E-state index is 0.105.